The number of nitrogens with zero attached hydrogens (tertiary/aromatic N) is 3. The molecular weight excluding hydrogens is 635 g/mol. The number of nitrogens with one attached hydrogen (secondary N) is 2. The van der Waals surface area contributed by atoms with Gasteiger partial charge in [-0.15, -0.1) is 5.10 Å². The number of ether oxygens (including phenoxy) is 1. The van der Waals surface area contributed by atoms with Crippen LogP contribution in [0.1, 0.15) is 43.7 Å². The molecule has 0 saturated carbocycles. The Morgan fingerprint density at radius 3 is 2.53 bits per heavy atom. The van der Waals surface area contributed by atoms with Crippen LogP contribution in [0.25, 0.3) is 5.65 Å². The molecule has 1 aliphatic rings. The largest absolute Gasteiger partial charge is 0.462 e. The minimum Gasteiger partial charge on any atom is -0.462 e. The second-order valence-corrected chi connectivity index (χ2v) is 21.7. The Morgan fingerprint density at radius 1 is 1.22 bits per heavy atom. The molecule has 0 bridgehead atoms. The first-order valence-corrected chi connectivity index (χ1v) is 23.7. The number of carbonyl (C=O) groups is 1. The van der Waals surface area contributed by atoms with E-state index in [1.54, 1.807) is 26.1 Å². The Bertz CT molecular complexity index is 1110. The van der Waals surface area contributed by atoms with Crippen LogP contribution in [-0.2, 0) is 40.3 Å². The summed E-state index contributed by atoms with van der Waals surface area (Å²) in [4.78, 5) is 16.3. The van der Waals surface area contributed by atoms with Crippen LogP contribution in [0.5, 0.6) is 5.88 Å². The Labute approximate surface area is 240 Å². The van der Waals surface area contributed by atoms with Crippen molar-refractivity contribution in [3.05, 3.63) is 23.5 Å². The van der Waals surface area contributed by atoms with Crippen LogP contribution >= 0.6 is 50.7 Å². The van der Waals surface area contributed by atoms with Gasteiger partial charge in [0.15, 0.2) is 5.65 Å². The number of aryl methyl sites for hydroxylation is 1. The minimum atomic E-state index is -2.91. The van der Waals surface area contributed by atoms with Crippen molar-refractivity contribution in [2.45, 2.75) is 40.7 Å². The molecule has 3 rings (SSSR count). The predicted molar refractivity (Wildman–Crippen MR) is 153 cm³/mol. The summed E-state index contributed by atoms with van der Waals surface area (Å²) in [7, 11) is 3.63. The third-order valence-corrected chi connectivity index (χ3v) is 20.0. The van der Waals surface area contributed by atoms with E-state index in [9.17, 15) is 4.79 Å². The Hall–Kier alpha value is -0.437. The van der Waals surface area contributed by atoms with Gasteiger partial charge in [0.25, 0.3) is 0 Å². The van der Waals surface area contributed by atoms with Crippen molar-refractivity contribution in [1.82, 2.24) is 25.2 Å². The predicted octanol–water partition coefficient (Wildman–Crippen LogP) is 4.41. The van der Waals surface area contributed by atoms with Gasteiger partial charge in [-0.1, -0.05) is 0 Å². The fourth-order valence-corrected chi connectivity index (χ4v) is 17.3. The van der Waals surface area contributed by atoms with Gasteiger partial charge in [-0.3, -0.25) is 9.05 Å². The molecule has 2 aromatic rings. The topological polar surface area (TPSA) is 108 Å². The summed E-state index contributed by atoms with van der Waals surface area (Å²) < 4.78 is 24.8. The third-order valence-electron chi connectivity index (χ3n) is 4.19. The molecule has 1 unspecified atom stereocenters. The maximum Gasteiger partial charge on any atom is 0.381 e. The number of rotatable bonds is 8. The molecule has 1 atom stereocenters. The first-order valence-electron chi connectivity index (χ1n) is 11.1. The molecule has 196 valence electrons. The van der Waals surface area contributed by atoms with Crippen LogP contribution in [0.3, 0.4) is 0 Å². The van der Waals surface area contributed by atoms with Crippen molar-refractivity contribution in [3.63, 3.8) is 0 Å². The van der Waals surface area contributed by atoms with Crippen molar-refractivity contribution in [2.24, 2.45) is 0 Å². The molecule has 0 amide bonds. The van der Waals surface area contributed by atoms with E-state index in [0.717, 1.165) is 15.2 Å². The molecule has 10 nitrogen and oxygen atoms in total. The van der Waals surface area contributed by atoms with Gasteiger partial charge < -0.3 is 9.26 Å². The number of carbonyl (C=O) groups excluding carboxylic acids is 1. The van der Waals surface area contributed by atoms with Crippen molar-refractivity contribution in [2.75, 3.05) is 26.4 Å². The van der Waals surface area contributed by atoms with Gasteiger partial charge >= 0.3 is 110 Å². The zero-order valence-electron chi connectivity index (χ0n) is 20.6. The number of esters is 1. The Morgan fingerprint density at radius 2 is 1.89 bits per heavy atom. The number of thiocarbonyl (C=S) groups is 2. The summed E-state index contributed by atoms with van der Waals surface area (Å²) in [6.45, 7) is 8.18. The molecular formula is C19H28N5O5PS5Zn. The average molecular weight is 663 g/mol. The van der Waals surface area contributed by atoms with E-state index in [-0.39, 0.29) is 12.5 Å². The van der Waals surface area contributed by atoms with E-state index in [1.165, 1.54) is 4.52 Å². The van der Waals surface area contributed by atoms with Gasteiger partial charge in [0.1, 0.15) is 0 Å². The Balaban J connectivity index is 0.000000319. The molecule has 1 aliphatic heterocycles. The van der Waals surface area contributed by atoms with Crippen LogP contribution in [-0.4, -0.2) is 61.6 Å². The second-order valence-electron chi connectivity index (χ2n) is 7.03. The zero-order chi connectivity index (χ0) is 26.7. The quantitative estimate of drug-likeness (QED) is 0.180. The molecule has 0 aromatic carbocycles. The van der Waals surface area contributed by atoms with Crippen molar-refractivity contribution in [3.8, 4) is 5.88 Å². The molecule has 0 spiro atoms. The summed E-state index contributed by atoms with van der Waals surface area (Å²) in [5.74, 6) is -0.218. The van der Waals surface area contributed by atoms with Gasteiger partial charge in [-0.25, -0.2) is 14.3 Å². The molecule has 1 saturated heterocycles. The maximum absolute atomic E-state index is 11.9. The maximum atomic E-state index is 11.9. The van der Waals surface area contributed by atoms with E-state index >= 15 is 0 Å². The van der Waals surface area contributed by atoms with Crippen LogP contribution < -0.4 is 15.2 Å². The van der Waals surface area contributed by atoms with E-state index in [0.29, 0.717) is 36.2 Å². The Kier molecular flexibility index (Phi) is 14.0. The standard InChI is InChI=1S/C14H20N3O5PS.C5H10N2S4.Zn/c1-5-19-14(18)11-9-17-12(15-10(11)4)8-13(16-17)22-23(24,20-6-2)21-7-3;1-3(7-5(10)11)2-6-4(8)9;/h8-9H,5-7H2,1-4H3;3H,2H2,1H3,(H2,6,8,9)(H2,7,10,11);/q;;+2/p-2. The molecule has 17 heteroatoms. The molecule has 3 heterocycles. The normalized spacial score (nSPS) is 16.1. The fraction of sp³-hybridized carbons (Fsp3) is 0.526. The van der Waals surface area contributed by atoms with Crippen LogP contribution in [0.15, 0.2) is 12.3 Å². The smallest absolute Gasteiger partial charge is 0.381 e. The molecule has 2 N–H and O–H groups in total. The molecule has 2 aromatic heterocycles. The van der Waals surface area contributed by atoms with Crippen molar-refractivity contribution < 1.29 is 37.8 Å². The first-order chi connectivity index (χ1) is 17.1. The molecule has 0 radical (unpaired) electrons. The fourth-order valence-electron chi connectivity index (χ4n) is 2.68. The van der Waals surface area contributed by atoms with Crippen LogP contribution in [0, 0.1) is 6.92 Å². The molecule has 1 fully saturated rings. The van der Waals surface area contributed by atoms with E-state index < -0.39 is 27.4 Å². The number of fused-ring (bicyclic) bond motifs is 1. The van der Waals surface area contributed by atoms with Gasteiger partial charge in [-0.2, -0.15) is 0 Å². The summed E-state index contributed by atoms with van der Waals surface area (Å²) >= 11 is 14.9. The minimum absolute atomic E-state index is 0.230. The number of hydrogen-bond acceptors (Lipinski definition) is 12. The monoisotopic (exact) mass is 661 g/mol. The summed E-state index contributed by atoms with van der Waals surface area (Å²) in [6, 6.07) is 1.99. The number of aromatic nitrogens is 3. The van der Waals surface area contributed by atoms with Crippen molar-refractivity contribution >= 4 is 82.7 Å². The zero-order valence-corrected chi connectivity index (χ0v) is 28.6. The SMILES string of the molecule is CC1CNC(=S)[S][Zn][S]C(=S)N1.CCOC(=O)c1cn2nc(OP(=S)(OCC)OCC)cc2nc1C. The van der Waals surface area contributed by atoms with Gasteiger partial charge in [0.2, 0.25) is 5.88 Å². The molecule has 36 heavy (non-hydrogen) atoms. The van der Waals surface area contributed by atoms with Crippen molar-refractivity contribution in [1.29, 1.82) is 0 Å². The van der Waals surface area contributed by atoms with Gasteiger partial charge in [-0.05, 0) is 27.7 Å². The van der Waals surface area contributed by atoms with E-state index in [2.05, 4.69) is 27.6 Å². The average Bonchev–Trinajstić information content (AvgIpc) is 3.20. The van der Waals surface area contributed by atoms with Gasteiger partial charge in [0.05, 0.1) is 31.1 Å². The molecule has 0 aliphatic carbocycles. The second kappa shape index (κ2) is 15.8. The van der Waals surface area contributed by atoms with Crippen LogP contribution in [0.4, 0.5) is 0 Å². The van der Waals surface area contributed by atoms with E-state index in [1.807, 2.05) is 33.4 Å². The van der Waals surface area contributed by atoms with Gasteiger partial charge in [0, 0.05) is 24.1 Å². The summed E-state index contributed by atoms with van der Waals surface area (Å²) in [5, 5.41) is 10.7. The number of hydrogen-bond donors (Lipinski definition) is 2. The first kappa shape index (κ1) is 31.8. The van der Waals surface area contributed by atoms with E-state index in [4.69, 9.17) is 54.6 Å². The van der Waals surface area contributed by atoms with Crippen LogP contribution in [0.2, 0.25) is 0 Å². The summed E-state index contributed by atoms with van der Waals surface area (Å²) in [6.07, 6.45) is 1.55. The third kappa shape index (κ3) is 10.4. The summed E-state index contributed by atoms with van der Waals surface area (Å²) in [5.41, 5.74) is 1.40.